The zero-order valence-corrected chi connectivity index (χ0v) is 21.4. The molecular weight excluding hydrogens is 477 g/mol. The summed E-state index contributed by atoms with van der Waals surface area (Å²) < 4.78 is 27.3. The lowest BCUT2D eigenvalue weighted by Gasteiger charge is -2.34. The average Bonchev–Trinajstić information content (AvgIpc) is 3.27. The third-order valence-electron chi connectivity index (χ3n) is 7.68. The molecule has 3 atom stereocenters. The number of hydrogen-bond donors (Lipinski definition) is 1. The van der Waals surface area contributed by atoms with Gasteiger partial charge in [-0.25, -0.2) is 14.2 Å². The summed E-state index contributed by atoms with van der Waals surface area (Å²) in [6, 6.07) is 8.47. The molecule has 9 heteroatoms. The second kappa shape index (κ2) is 10.1. The summed E-state index contributed by atoms with van der Waals surface area (Å²) in [6.45, 7) is 4.85. The molecule has 0 spiro atoms. The lowest BCUT2D eigenvalue weighted by molar-refractivity contribution is -0.138. The van der Waals surface area contributed by atoms with Crippen LogP contribution >= 0.6 is 0 Å². The van der Waals surface area contributed by atoms with Gasteiger partial charge in [-0.1, -0.05) is 12.1 Å². The van der Waals surface area contributed by atoms with E-state index in [0.717, 1.165) is 48.0 Å². The number of carboxylic acids is 1. The first-order chi connectivity index (χ1) is 17.8. The van der Waals surface area contributed by atoms with Gasteiger partial charge in [-0.15, -0.1) is 0 Å². The summed E-state index contributed by atoms with van der Waals surface area (Å²) in [7, 11) is 1.37. The first kappa shape index (κ1) is 25.2. The molecule has 37 heavy (non-hydrogen) atoms. The van der Waals surface area contributed by atoms with Crippen molar-refractivity contribution in [3.8, 4) is 0 Å². The Hall–Kier alpha value is -3.46. The minimum absolute atomic E-state index is 0.00947. The number of carbonyl (C=O) groups is 2. The Balaban J connectivity index is 1.65. The fourth-order valence-electron chi connectivity index (χ4n) is 5.66. The van der Waals surface area contributed by atoms with Crippen LogP contribution in [0.2, 0.25) is 0 Å². The number of rotatable bonds is 5. The Morgan fingerprint density at radius 1 is 1.27 bits per heavy atom. The molecule has 1 amide bonds. The fourth-order valence-corrected chi connectivity index (χ4v) is 5.66. The number of aromatic nitrogens is 2. The van der Waals surface area contributed by atoms with Gasteiger partial charge in [0.1, 0.15) is 11.6 Å². The van der Waals surface area contributed by atoms with Gasteiger partial charge in [0, 0.05) is 24.6 Å². The monoisotopic (exact) mass is 509 g/mol. The smallest absolute Gasteiger partial charge is 0.414 e. The van der Waals surface area contributed by atoms with Gasteiger partial charge in [0.25, 0.3) is 0 Å². The van der Waals surface area contributed by atoms with Gasteiger partial charge in [0.2, 0.25) is 0 Å². The highest BCUT2D eigenvalue weighted by Crippen LogP contribution is 2.39. The van der Waals surface area contributed by atoms with E-state index in [4.69, 9.17) is 14.5 Å². The molecule has 1 fully saturated rings. The van der Waals surface area contributed by atoms with Crippen LogP contribution in [0.15, 0.2) is 30.3 Å². The fraction of sp³-hybridized carbons (Fsp3) is 0.464. The standard InChI is InChI=1S/C28H32FN3O5/c1-16-6-8-18(13-22(16)29)21(27(33)34)14-25-30-26-20-9-7-17(2)31(28(35)36-3)23(20)10-11-24(26)32(25)19-5-4-12-37-15-19/h6,8,10-11,13,17,19,21H,4-5,7,9,12,14-15H2,1-3H3,(H,33,34)/t17-,19-,21-/m0/s1. The van der Waals surface area contributed by atoms with Crippen LogP contribution in [0.4, 0.5) is 14.9 Å². The summed E-state index contributed by atoms with van der Waals surface area (Å²) in [5.41, 5.74) is 4.24. The maximum atomic E-state index is 14.4. The van der Waals surface area contributed by atoms with Crippen molar-refractivity contribution in [2.45, 2.75) is 64.0 Å². The third-order valence-corrected chi connectivity index (χ3v) is 7.68. The molecule has 1 N–H and O–H groups in total. The molecule has 0 bridgehead atoms. The number of nitrogens with zero attached hydrogens (tertiary/aromatic N) is 3. The molecule has 196 valence electrons. The van der Waals surface area contributed by atoms with Gasteiger partial charge >= 0.3 is 12.1 Å². The van der Waals surface area contributed by atoms with Gasteiger partial charge in [0.05, 0.1) is 42.4 Å². The largest absolute Gasteiger partial charge is 0.481 e. The van der Waals surface area contributed by atoms with Crippen molar-refractivity contribution in [3.63, 3.8) is 0 Å². The maximum Gasteiger partial charge on any atom is 0.414 e. The highest BCUT2D eigenvalue weighted by atomic mass is 19.1. The van der Waals surface area contributed by atoms with Crippen molar-refractivity contribution >= 4 is 28.8 Å². The van der Waals surface area contributed by atoms with E-state index < -0.39 is 23.8 Å². The summed E-state index contributed by atoms with van der Waals surface area (Å²) >= 11 is 0. The van der Waals surface area contributed by atoms with Crippen LogP contribution in [-0.2, 0) is 27.1 Å². The molecule has 3 aromatic rings. The second-order valence-corrected chi connectivity index (χ2v) is 10.0. The minimum atomic E-state index is -1.03. The first-order valence-corrected chi connectivity index (χ1v) is 12.8. The van der Waals surface area contributed by atoms with Gasteiger partial charge < -0.3 is 19.1 Å². The Bertz CT molecular complexity index is 1350. The number of aryl methyl sites for hydroxylation is 2. The number of benzene rings is 2. The number of hydrogen-bond acceptors (Lipinski definition) is 5. The van der Waals surface area contributed by atoms with Crippen molar-refractivity contribution in [3.05, 3.63) is 58.7 Å². The minimum Gasteiger partial charge on any atom is -0.481 e. The van der Waals surface area contributed by atoms with E-state index in [-0.39, 0.29) is 18.5 Å². The number of methoxy groups -OCH3 is 1. The maximum absolute atomic E-state index is 14.4. The van der Waals surface area contributed by atoms with Crippen LogP contribution in [0.3, 0.4) is 0 Å². The first-order valence-electron chi connectivity index (χ1n) is 12.8. The van der Waals surface area contributed by atoms with Gasteiger partial charge in [-0.2, -0.15) is 0 Å². The van der Waals surface area contributed by atoms with Crippen LogP contribution in [-0.4, -0.2) is 53.1 Å². The Morgan fingerprint density at radius 2 is 2.08 bits per heavy atom. The second-order valence-electron chi connectivity index (χ2n) is 10.0. The van der Waals surface area contributed by atoms with E-state index in [1.807, 2.05) is 19.1 Å². The van der Waals surface area contributed by atoms with Gasteiger partial charge in [0.15, 0.2) is 0 Å². The molecule has 1 saturated heterocycles. The third kappa shape index (κ3) is 4.56. The van der Waals surface area contributed by atoms with E-state index in [1.54, 1.807) is 24.0 Å². The average molecular weight is 510 g/mol. The van der Waals surface area contributed by atoms with E-state index in [0.29, 0.717) is 30.2 Å². The summed E-state index contributed by atoms with van der Waals surface area (Å²) in [5.74, 6) is -1.80. The van der Waals surface area contributed by atoms with Gasteiger partial charge in [-0.05, 0) is 68.9 Å². The van der Waals surface area contributed by atoms with Crippen molar-refractivity contribution < 1.29 is 28.6 Å². The highest BCUT2D eigenvalue weighted by Gasteiger charge is 2.33. The molecule has 1 aromatic heterocycles. The van der Waals surface area contributed by atoms with Crippen molar-refractivity contribution in [1.82, 2.24) is 9.55 Å². The Morgan fingerprint density at radius 3 is 2.76 bits per heavy atom. The molecule has 0 aliphatic carbocycles. The zero-order valence-electron chi connectivity index (χ0n) is 21.4. The number of fused-ring (bicyclic) bond motifs is 3. The predicted molar refractivity (Wildman–Crippen MR) is 137 cm³/mol. The van der Waals surface area contributed by atoms with Crippen LogP contribution in [0.25, 0.3) is 11.0 Å². The van der Waals surface area contributed by atoms with Crippen molar-refractivity contribution in [1.29, 1.82) is 0 Å². The van der Waals surface area contributed by atoms with E-state index in [2.05, 4.69) is 4.57 Å². The number of imidazole rings is 1. The van der Waals surface area contributed by atoms with Crippen LogP contribution < -0.4 is 4.90 Å². The zero-order chi connectivity index (χ0) is 26.3. The van der Waals surface area contributed by atoms with E-state index in [9.17, 15) is 19.1 Å². The lowest BCUT2D eigenvalue weighted by atomic mass is 9.94. The molecule has 0 saturated carbocycles. The Labute approximate surface area is 215 Å². The molecular formula is C28H32FN3O5. The quantitative estimate of drug-likeness (QED) is 0.511. The highest BCUT2D eigenvalue weighted by molar-refractivity contribution is 5.95. The normalized spacial score (nSPS) is 20.5. The number of ether oxygens (including phenoxy) is 2. The van der Waals surface area contributed by atoms with Crippen LogP contribution in [0.1, 0.15) is 60.7 Å². The van der Waals surface area contributed by atoms with Crippen molar-refractivity contribution in [2.24, 2.45) is 0 Å². The van der Waals surface area contributed by atoms with Crippen LogP contribution in [0.5, 0.6) is 0 Å². The number of carboxylic acid groups (broad SMARTS) is 1. The molecule has 2 aliphatic rings. The molecule has 3 heterocycles. The van der Waals surface area contributed by atoms with Gasteiger partial charge in [-0.3, -0.25) is 9.69 Å². The molecule has 5 rings (SSSR count). The van der Waals surface area contributed by atoms with E-state index in [1.165, 1.54) is 13.2 Å². The van der Waals surface area contributed by atoms with Crippen molar-refractivity contribution in [2.75, 3.05) is 25.2 Å². The topological polar surface area (TPSA) is 93.9 Å². The summed E-state index contributed by atoms with van der Waals surface area (Å²) in [4.78, 5) is 31.6. The van der Waals surface area contributed by atoms with Crippen LogP contribution in [0, 0.1) is 12.7 Å². The number of carbonyl (C=O) groups excluding carboxylic acids is 1. The van der Waals surface area contributed by atoms with E-state index >= 15 is 0 Å². The summed E-state index contributed by atoms with van der Waals surface area (Å²) in [5, 5.41) is 10.1. The summed E-state index contributed by atoms with van der Waals surface area (Å²) in [6.07, 6.45) is 2.97. The lowest BCUT2D eigenvalue weighted by Crippen LogP contribution is -2.42. The molecule has 0 unspecified atom stereocenters. The molecule has 0 radical (unpaired) electrons. The Kier molecular flexibility index (Phi) is 6.90. The number of anilines is 1. The molecule has 2 aliphatic heterocycles. The predicted octanol–water partition coefficient (Wildman–Crippen LogP) is 5.15. The number of amides is 1. The number of aliphatic carboxylic acids is 1. The SMILES string of the molecule is COC(=O)N1c2ccc3c(nc(C[C@H](C(=O)O)c4ccc(C)c(F)c4)n3[C@H]3CCCOC3)c2CC[C@@H]1C. The number of halogens is 1. The molecule has 8 nitrogen and oxygen atoms in total. The molecule has 2 aromatic carbocycles.